The zero-order chi connectivity index (χ0) is 28.5. The van der Waals surface area contributed by atoms with Crippen molar-refractivity contribution in [2.75, 3.05) is 38.3 Å². The minimum absolute atomic E-state index is 0.0377. The molecule has 10 nitrogen and oxygen atoms in total. The van der Waals surface area contributed by atoms with E-state index in [1.54, 1.807) is 0 Å². The lowest BCUT2D eigenvalue weighted by Crippen LogP contribution is -2.49. The minimum atomic E-state index is -4.65. The maximum Gasteiger partial charge on any atom is 0.416 e. The normalized spacial score (nSPS) is 19.2. The Kier molecular flexibility index (Phi) is 7.68. The number of hydrazine groups is 1. The number of likely N-dealkylation sites (N-methyl/N-ethyl adjacent to an activating group) is 1. The molecule has 2 aliphatic heterocycles. The molecule has 0 saturated carbocycles. The fourth-order valence-corrected chi connectivity index (χ4v) is 5.88. The predicted molar refractivity (Wildman–Crippen MR) is 132 cm³/mol. The fourth-order valence-electron chi connectivity index (χ4n) is 4.49. The Morgan fingerprint density at radius 1 is 1.08 bits per heavy atom. The Labute approximate surface area is 223 Å². The van der Waals surface area contributed by atoms with E-state index in [9.17, 15) is 36.9 Å². The Balaban J connectivity index is 1.85. The summed E-state index contributed by atoms with van der Waals surface area (Å²) in [7, 11) is -2.97. The summed E-state index contributed by atoms with van der Waals surface area (Å²) < 4.78 is 72.3. The number of carbonyl (C=O) groups excluding carboxylic acids is 1. The van der Waals surface area contributed by atoms with Gasteiger partial charge in [-0.2, -0.15) is 23.7 Å². The Morgan fingerprint density at radius 2 is 1.77 bits per heavy atom. The van der Waals surface area contributed by atoms with Crippen molar-refractivity contribution in [1.29, 1.82) is 10.5 Å². The molecule has 0 radical (unpaired) electrons. The third kappa shape index (κ3) is 5.46. The average molecular weight is 561 g/mol. The van der Waals surface area contributed by atoms with Crippen LogP contribution in [0.1, 0.15) is 29.7 Å². The van der Waals surface area contributed by atoms with Crippen LogP contribution in [0.15, 0.2) is 58.6 Å². The van der Waals surface area contributed by atoms with Crippen molar-refractivity contribution < 1.29 is 31.1 Å². The summed E-state index contributed by atoms with van der Waals surface area (Å²) in [6.45, 7) is 2.57. The van der Waals surface area contributed by atoms with Gasteiger partial charge in [-0.25, -0.2) is 18.2 Å². The van der Waals surface area contributed by atoms with E-state index in [0.29, 0.717) is 13.2 Å². The van der Waals surface area contributed by atoms with Crippen molar-refractivity contribution in [3.8, 4) is 12.1 Å². The lowest BCUT2D eigenvalue weighted by Gasteiger charge is -2.40. The molecule has 204 valence electrons. The summed E-state index contributed by atoms with van der Waals surface area (Å²) in [6, 6.07) is 9.91. The Hall–Kier alpha value is -3.95. The molecule has 1 N–H and O–H groups in total. The quantitative estimate of drug-likeness (QED) is 0.592. The number of amides is 2. The van der Waals surface area contributed by atoms with Crippen molar-refractivity contribution in [2.24, 2.45) is 0 Å². The summed E-state index contributed by atoms with van der Waals surface area (Å²) in [5, 5.41) is 21.0. The molecule has 2 amide bonds. The maximum atomic E-state index is 13.5. The molecule has 14 heteroatoms. The van der Waals surface area contributed by atoms with Crippen molar-refractivity contribution >= 4 is 21.7 Å². The molecule has 0 unspecified atom stereocenters. The van der Waals surface area contributed by atoms with Gasteiger partial charge in [-0.3, -0.25) is 4.90 Å². The second-order valence-electron chi connectivity index (χ2n) is 8.85. The van der Waals surface area contributed by atoms with E-state index in [1.165, 1.54) is 37.2 Å². The van der Waals surface area contributed by atoms with Gasteiger partial charge in [0.05, 0.1) is 58.7 Å². The molecule has 1 fully saturated rings. The third-order valence-electron chi connectivity index (χ3n) is 6.42. The number of alkyl halides is 3. The highest BCUT2D eigenvalue weighted by atomic mass is 32.2. The van der Waals surface area contributed by atoms with Gasteiger partial charge in [0.1, 0.15) is 0 Å². The molecule has 0 spiro atoms. The standard InChI is InChI=1S/C25H23F3N6O4S/c1-16-21(15-30)23(32(2)24(35)34(16)19-5-3-4-18(13-19)25(26,27)28)20-7-6-17(14-29)12-22(20)39(36,37)31-33-8-10-38-11-9-33/h3-7,12-13,23,31H,8-11H2,1-2H3/t23-/m1/s1. The van der Waals surface area contributed by atoms with Gasteiger partial charge in [0.25, 0.3) is 10.0 Å². The molecular formula is C25H23F3N6O4S. The number of rotatable bonds is 5. The molecule has 1 saturated heterocycles. The number of ether oxygens (including phenoxy) is 1. The molecule has 2 aliphatic rings. The maximum absolute atomic E-state index is 13.5. The highest BCUT2D eigenvalue weighted by Crippen LogP contribution is 2.41. The predicted octanol–water partition coefficient (Wildman–Crippen LogP) is 3.51. The first-order chi connectivity index (χ1) is 18.4. The van der Waals surface area contributed by atoms with E-state index in [4.69, 9.17) is 4.74 Å². The van der Waals surface area contributed by atoms with Gasteiger partial charge < -0.3 is 9.64 Å². The van der Waals surface area contributed by atoms with E-state index in [2.05, 4.69) is 4.83 Å². The number of sulfonamides is 1. The van der Waals surface area contributed by atoms with Crippen LogP contribution in [-0.4, -0.2) is 57.7 Å². The second-order valence-corrected chi connectivity index (χ2v) is 10.5. The summed E-state index contributed by atoms with van der Waals surface area (Å²) in [5.41, 5.74) is -1.01. The number of allylic oxidation sites excluding steroid dienone is 1. The number of anilines is 1. The van der Waals surface area contributed by atoms with E-state index in [1.807, 2.05) is 12.1 Å². The molecule has 0 aliphatic carbocycles. The van der Waals surface area contributed by atoms with Crippen LogP contribution < -0.4 is 9.73 Å². The van der Waals surface area contributed by atoms with E-state index in [0.717, 1.165) is 34.1 Å². The fraction of sp³-hybridized carbons (Fsp3) is 0.320. The largest absolute Gasteiger partial charge is 0.416 e. The van der Waals surface area contributed by atoms with E-state index in [-0.39, 0.29) is 46.1 Å². The lowest BCUT2D eigenvalue weighted by atomic mass is 9.93. The molecule has 2 heterocycles. The minimum Gasteiger partial charge on any atom is -0.379 e. The number of nitrogens with zero attached hydrogens (tertiary/aromatic N) is 5. The highest BCUT2D eigenvalue weighted by molar-refractivity contribution is 7.89. The Morgan fingerprint density at radius 3 is 2.38 bits per heavy atom. The van der Waals surface area contributed by atoms with Crippen LogP contribution in [0.5, 0.6) is 0 Å². The van der Waals surface area contributed by atoms with Crippen molar-refractivity contribution in [3.05, 3.63) is 70.4 Å². The molecule has 0 bridgehead atoms. The number of nitrogens with one attached hydrogen (secondary N) is 1. The van der Waals surface area contributed by atoms with Crippen molar-refractivity contribution in [3.63, 3.8) is 0 Å². The monoisotopic (exact) mass is 560 g/mol. The van der Waals surface area contributed by atoms with Crippen molar-refractivity contribution in [1.82, 2.24) is 14.7 Å². The number of morpholine rings is 1. The van der Waals surface area contributed by atoms with Crippen LogP contribution in [0.2, 0.25) is 0 Å². The number of nitriles is 2. The molecule has 2 aromatic carbocycles. The first-order valence-corrected chi connectivity index (χ1v) is 13.1. The van der Waals surface area contributed by atoms with Crippen molar-refractivity contribution in [2.45, 2.75) is 24.0 Å². The number of benzene rings is 2. The second kappa shape index (κ2) is 10.7. The molecule has 2 aromatic rings. The van der Waals surface area contributed by atoms with Crippen LogP contribution >= 0.6 is 0 Å². The number of carbonyl (C=O) groups is 1. The summed E-state index contributed by atoms with van der Waals surface area (Å²) in [5.74, 6) is 0. The van der Waals surface area contributed by atoms with Gasteiger partial charge in [-0.05, 0) is 37.3 Å². The first kappa shape index (κ1) is 28.1. The van der Waals surface area contributed by atoms with Crippen LogP contribution in [0.3, 0.4) is 0 Å². The topological polar surface area (TPSA) is 130 Å². The number of halogens is 3. The van der Waals surface area contributed by atoms with Crippen LogP contribution in [0, 0.1) is 22.7 Å². The average Bonchev–Trinajstić information content (AvgIpc) is 2.90. The van der Waals surface area contributed by atoms with Crippen LogP contribution in [0.4, 0.5) is 23.7 Å². The third-order valence-corrected chi connectivity index (χ3v) is 7.85. The van der Waals surface area contributed by atoms with E-state index >= 15 is 0 Å². The number of hydrogen-bond acceptors (Lipinski definition) is 7. The Bertz CT molecular complexity index is 1520. The number of urea groups is 1. The zero-order valence-corrected chi connectivity index (χ0v) is 21.7. The van der Waals surface area contributed by atoms with Gasteiger partial charge >= 0.3 is 12.2 Å². The summed E-state index contributed by atoms with van der Waals surface area (Å²) in [4.78, 5) is 17.7. The summed E-state index contributed by atoms with van der Waals surface area (Å²) in [6.07, 6.45) is -4.65. The van der Waals surface area contributed by atoms with Gasteiger partial charge in [-0.1, -0.05) is 12.1 Å². The number of hydrogen-bond donors (Lipinski definition) is 1. The SMILES string of the molecule is CC1=C(C#N)[C@@H](c2ccc(C#N)cc2S(=O)(=O)NN2CCOCC2)N(C)C(=O)N1c1cccc(C(F)(F)F)c1. The molecule has 0 aromatic heterocycles. The molecular weight excluding hydrogens is 537 g/mol. The molecule has 39 heavy (non-hydrogen) atoms. The lowest BCUT2D eigenvalue weighted by molar-refractivity contribution is -0.137. The van der Waals surface area contributed by atoms with Crippen LogP contribution in [0.25, 0.3) is 0 Å². The van der Waals surface area contributed by atoms with Gasteiger partial charge in [0.15, 0.2) is 0 Å². The smallest absolute Gasteiger partial charge is 0.379 e. The van der Waals surface area contributed by atoms with E-state index < -0.39 is 33.8 Å². The first-order valence-electron chi connectivity index (χ1n) is 11.6. The zero-order valence-electron chi connectivity index (χ0n) is 20.9. The highest BCUT2D eigenvalue weighted by Gasteiger charge is 2.41. The van der Waals surface area contributed by atoms with Gasteiger partial charge in [0, 0.05) is 31.4 Å². The molecule has 4 rings (SSSR count). The van der Waals surface area contributed by atoms with Gasteiger partial charge in [0.2, 0.25) is 0 Å². The summed E-state index contributed by atoms with van der Waals surface area (Å²) >= 11 is 0. The van der Waals surface area contributed by atoms with Gasteiger partial charge in [-0.15, -0.1) is 4.83 Å². The van der Waals surface area contributed by atoms with Crippen LogP contribution in [-0.2, 0) is 20.9 Å². The molecule has 1 atom stereocenters.